The molecule has 1 aromatic carbocycles. The van der Waals surface area contributed by atoms with E-state index >= 15 is 0 Å². The zero-order valence-corrected chi connectivity index (χ0v) is 11.7. The average molecular weight is 315 g/mol. The number of benzene rings is 1. The van der Waals surface area contributed by atoms with Crippen molar-refractivity contribution in [2.45, 2.75) is 6.42 Å². The number of rotatable bonds is 2. The standard InChI is InChI=1S/C13H10ClF3N4/c1-18-11-6-4-5-21(12(6)20-13(14)19-11)8-3-2-7(15)9(16)10(8)17/h2-3H,4-5H2,1H3,(H,18,19,20). The molecule has 1 aromatic heterocycles. The van der Waals surface area contributed by atoms with Crippen molar-refractivity contribution >= 4 is 28.9 Å². The van der Waals surface area contributed by atoms with E-state index < -0.39 is 17.5 Å². The highest BCUT2D eigenvalue weighted by Crippen LogP contribution is 2.38. The highest BCUT2D eigenvalue weighted by molar-refractivity contribution is 6.28. The quantitative estimate of drug-likeness (QED) is 0.682. The molecule has 0 aliphatic carbocycles. The Balaban J connectivity index is 2.14. The number of halogens is 4. The van der Waals surface area contributed by atoms with Gasteiger partial charge in [0.2, 0.25) is 5.28 Å². The van der Waals surface area contributed by atoms with E-state index in [1.165, 1.54) is 11.0 Å². The fraction of sp³-hybridized carbons (Fsp3) is 0.231. The predicted molar refractivity (Wildman–Crippen MR) is 73.6 cm³/mol. The number of anilines is 3. The molecule has 0 unspecified atom stereocenters. The van der Waals surface area contributed by atoms with Crippen LogP contribution in [0.4, 0.5) is 30.5 Å². The van der Waals surface area contributed by atoms with Crippen molar-refractivity contribution in [1.82, 2.24) is 9.97 Å². The summed E-state index contributed by atoms with van der Waals surface area (Å²) in [6.45, 7) is 0.376. The summed E-state index contributed by atoms with van der Waals surface area (Å²) in [6, 6.07) is 2.06. The summed E-state index contributed by atoms with van der Waals surface area (Å²) >= 11 is 5.84. The lowest BCUT2D eigenvalue weighted by atomic mass is 10.2. The minimum atomic E-state index is -1.50. The van der Waals surface area contributed by atoms with Crippen molar-refractivity contribution in [3.8, 4) is 0 Å². The topological polar surface area (TPSA) is 41.1 Å². The molecule has 0 saturated heterocycles. The summed E-state index contributed by atoms with van der Waals surface area (Å²) in [4.78, 5) is 9.56. The van der Waals surface area contributed by atoms with E-state index in [1.807, 2.05) is 0 Å². The maximum Gasteiger partial charge on any atom is 0.226 e. The molecule has 0 atom stereocenters. The zero-order chi connectivity index (χ0) is 15.1. The maximum absolute atomic E-state index is 13.9. The van der Waals surface area contributed by atoms with Crippen molar-refractivity contribution < 1.29 is 13.2 Å². The molecule has 0 fully saturated rings. The Kier molecular flexibility index (Phi) is 3.36. The molecule has 2 heterocycles. The van der Waals surface area contributed by atoms with Crippen molar-refractivity contribution in [3.05, 3.63) is 40.4 Å². The molecule has 0 radical (unpaired) electrons. The Labute approximate surface area is 123 Å². The molecule has 8 heteroatoms. The van der Waals surface area contributed by atoms with Gasteiger partial charge in [-0.3, -0.25) is 0 Å². The summed E-state index contributed by atoms with van der Waals surface area (Å²) in [6.07, 6.45) is 0.543. The van der Waals surface area contributed by atoms with E-state index in [1.54, 1.807) is 7.05 Å². The Morgan fingerprint density at radius 1 is 1.19 bits per heavy atom. The van der Waals surface area contributed by atoms with Gasteiger partial charge in [0.15, 0.2) is 17.5 Å². The van der Waals surface area contributed by atoms with E-state index in [9.17, 15) is 13.2 Å². The van der Waals surface area contributed by atoms with Gasteiger partial charge in [-0.05, 0) is 30.2 Å². The van der Waals surface area contributed by atoms with Gasteiger partial charge in [0.25, 0.3) is 0 Å². The molecular formula is C13H10ClF3N4. The number of hydrogen-bond acceptors (Lipinski definition) is 4. The molecule has 0 bridgehead atoms. The first-order valence-electron chi connectivity index (χ1n) is 6.18. The fourth-order valence-corrected chi connectivity index (χ4v) is 2.56. The van der Waals surface area contributed by atoms with Gasteiger partial charge in [-0.15, -0.1) is 0 Å². The molecule has 3 rings (SSSR count). The van der Waals surface area contributed by atoms with Crippen LogP contribution in [0.3, 0.4) is 0 Å². The molecule has 0 saturated carbocycles. The number of nitrogens with one attached hydrogen (secondary N) is 1. The van der Waals surface area contributed by atoms with Crippen molar-refractivity contribution in [2.24, 2.45) is 0 Å². The third-order valence-corrected chi connectivity index (χ3v) is 3.51. The molecule has 1 N–H and O–H groups in total. The molecular weight excluding hydrogens is 305 g/mol. The predicted octanol–water partition coefficient (Wildman–Crippen LogP) is 3.28. The highest BCUT2D eigenvalue weighted by Gasteiger charge is 2.29. The number of fused-ring (bicyclic) bond motifs is 1. The molecule has 0 amide bonds. The summed E-state index contributed by atoms with van der Waals surface area (Å²) in [5.41, 5.74) is 0.676. The highest BCUT2D eigenvalue weighted by atomic mass is 35.5. The Morgan fingerprint density at radius 3 is 2.67 bits per heavy atom. The molecule has 110 valence electrons. The van der Waals surface area contributed by atoms with E-state index in [0.29, 0.717) is 24.6 Å². The lowest BCUT2D eigenvalue weighted by Gasteiger charge is -2.19. The van der Waals surface area contributed by atoms with Gasteiger partial charge in [-0.2, -0.15) is 4.98 Å². The second-order valence-electron chi connectivity index (χ2n) is 4.49. The molecule has 1 aliphatic rings. The molecule has 21 heavy (non-hydrogen) atoms. The van der Waals surface area contributed by atoms with Gasteiger partial charge in [0.05, 0.1) is 5.69 Å². The summed E-state index contributed by atoms with van der Waals surface area (Å²) in [5.74, 6) is -3.05. The second-order valence-corrected chi connectivity index (χ2v) is 4.83. The second kappa shape index (κ2) is 5.07. The summed E-state index contributed by atoms with van der Waals surface area (Å²) < 4.78 is 40.4. The third kappa shape index (κ3) is 2.17. The van der Waals surface area contributed by atoms with Crippen molar-refractivity contribution in [3.63, 3.8) is 0 Å². The van der Waals surface area contributed by atoms with Crippen LogP contribution in [0.5, 0.6) is 0 Å². The molecule has 2 aromatic rings. The first kappa shape index (κ1) is 13.9. The van der Waals surface area contributed by atoms with Crippen LogP contribution in [0.15, 0.2) is 12.1 Å². The molecule has 0 spiro atoms. The smallest absolute Gasteiger partial charge is 0.226 e. The minimum absolute atomic E-state index is 0.00649. The van der Waals surface area contributed by atoms with Gasteiger partial charge in [-0.25, -0.2) is 18.2 Å². The van der Waals surface area contributed by atoms with Crippen LogP contribution in [-0.4, -0.2) is 23.6 Å². The Bertz CT molecular complexity index is 723. The lowest BCUT2D eigenvalue weighted by Crippen LogP contribution is -2.17. The van der Waals surface area contributed by atoms with Crippen molar-refractivity contribution in [1.29, 1.82) is 0 Å². The monoisotopic (exact) mass is 314 g/mol. The van der Waals surface area contributed by atoms with Gasteiger partial charge in [0, 0.05) is 19.2 Å². The van der Waals surface area contributed by atoms with Crippen LogP contribution in [0.2, 0.25) is 5.28 Å². The lowest BCUT2D eigenvalue weighted by molar-refractivity contribution is 0.447. The van der Waals surface area contributed by atoms with Crippen LogP contribution >= 0.6 is 11.6 Å². The fourth-order valence-electron chi connectivity index (χ4n) is 2.39. The van der Waals surface area contributed by atoms with Gasteiger partial charge < -0.3 is 10.2 Å². The van der Waals surface area contributed by atoms with E-state index in [2.05, 4.69) is 15.3 Å². The van der Waals surface area contributed by atoms with Crippen LogP contribution < -0.4 is 10.2 Å². The van der Waals surface area contributed by atoms with Crippen LogP contribution in [-0.2, 0) is 6.42 Å². The number of aromatic nitrogens is 2. The Hall–Kier alpha value is -2.02. The number of nitrogens with zero attached hydrogens (tertiary/aromatic N) is 3. The first-order chi connectivity index (χ1) is 10.0. The summed E-state index contributed by atoms with van der Waals surface area (Å²) in [5, 5.41) is 2.88. The molecule has 4 nitrogen and oxygen atoms in total. The van der Waals surface area contributed by atoms with E-state index in [4.69, 9.17) is 11.6 Å². The maximum atomic E-state index is 13.9. The van der Waals surface area contributed by atoms with Crippen LogP contribution in [0.25, 0.3) is 0 Å². The average Bonchev–Trinajstić information content (AvgIpc) is 2.87. The molecule has 1 aliphatic heterocycles. The Morgan fingerprint density at radius 2 is 1.95 bits per heavy atom. The van der Waals surface area contributed by atoms with Gasteiger partial charge >= 0.3 is 0 Å². The van der Waals surface area contributed by atoms with Crippen LogP contribution in [0.1, 0.15) is 5.56 Å². The van der Waals surface area contributed by atoms with Crippen molar-refractivity contribution in [2.75, 3.05) is 23.8 Å². The van der Waals surface area contributed by atoms with E-state index in [-0.39, 0.29) is 11.0 Å². The van der Waals surface area contributed by atoms with Gasteiger partial charge in [0.1, 0.15) is 11.6 Å². The third-order valence-electron chi connectivity index (χ3n) is 3.34. The summed E-state index contributed by atoms with van der Waals surface area (Å²) in [7, 11) is 1.68. The first-order valence-corrected chi connectivity index (χ1v) is 6.56. The zero-order valence-electron chi connectivity index (χ0n) is 10.9. The SMILES string of the molecule is CNc1nc(Cl)nc2c1CCN2c1ccc(F)c(F)c1F. The largest absolute Gasteiger partial charge is 0.373 e. The van der Waals surface area contributed by atoms with Crippen LogP contribution in [0, 0.1) is 17.5 Å². The minimum Gasteiger partial charge on any atom is -0.373 e. The normalized spacial score (nSPS) is 13.5. The number of hydrogen-bond donors (Lipinski definition) is 1. The van der Waals surface area contributed by atoms with E-state index in [0.717, 1.165) is 11.6 Å². The van der Waals surface area contributed by atoms with Gasteiger partial charge in [-0.1, -0.05) is 0 Å².